The van der Waals surface area contributed by atoms with Crippen LogP contribution in [0.5, 0.6) is 0 Å². The molecule has 50 heavy (non-hydrogen) atoms. The second-order valence-electron chi connectivity index (χ2n) is 12.6. The van der Waals surface area contributed by atoms with E-state index in [-0.39, 0.29) is 0 Å². The fourth-order valence-corrected chi connectivity index (χ4v) is 7.96. The molecule has 0 bridgehead atoms. The quantitative estimate of drug-likeness (QED) is 0.185. The molecule has 10 rings (SSSR count). The topological polar surface area (TPSA) is 38.9 Å². The molecule has 0 aliphatic carbocycles. The van der Waals surface area contributed by atoms with Gasteiger partial charge < -0.3 is 4.42 Å². The summed E-state index contributed by atoms with van der Waals surface area (Å²) in [5, 5.41) is 5.76. The molecule has 0 saturated heterocycles. The first kappa shape index (κ1) is 28.6. The molecular weight excluding hydrogens is 629 g/mol. The summed E-state index contributed by atoms with van der Waals surface area (Å²) < 4.78 is 7.62. The SMILES string of the molecule is c1ccc(-c2cccc(-c3cc(-c4ccc(-c5cc6ccccc6s5)cc4)nc(-c4ccc5oc6cc7ccccc7cc6c5c4)n3)c2)cc1. The van der Waals surface area contributed by atoms with Crippen molar-refractivity contribution in [2.75, 3.05) is 0 Å². The van der Waals surface area contributed by atoms with Crippen molar-refractivity contribution in [3.8, 4) is 55.5 Å². The van der Waals surface area contributed by atoms with Crippen LogP contribution in [0, 0.1) is 0 Å². The van der Waals surface area contributed by atoms with Gasteiger partial charge in [-0.1, -0.05) is 115 Å². The second-order valence-corrected chi connectivity index (χ2v) is 13.7. The fraction of sp³-hybridized carbons (Fsp3) is 0. The molecule has 0 saturated carbocycles. The fourth-order valence-electron chi connectivity index (χ4n) is 6.89. The van der Waals surface area contributed by atoms with Crippen molar-refractivity contribution >= 4 is 54.1 Å². The number of furan rings is 1. The zero-order chi connectivity index (χ0) is 33.0. The standard InChI is InChI=1S/C46H28N2OS/c1-2-9-29(10-3-1)32-14-8-15-35(23-32)41-28-40(30-17-19-31(20-18-30)45-27-36-13-6-7-16-44(36)50-45)47-46(48-41)37-21-22-42-38(25-37)39-24-33-11-4-5-12-34(33)26-43(39)49-42/h1-28H. The first-order valence-electron chi connectivity index (χ1n) is 16.7. The van der Waals surface area contributed by atoms with Crippen LogP contribution in [0.1, 0.15) is 0 Å². The molecule has 0 aliphatic heterocycles. The molecule has 0 N–H and O–H groups in total. The Kier molecular flexibility index (Phi) is 6.68. The van der Waals surface area contributed by atoms with E-state index in [2.05, 4.69) is 158 Å². The van der Waals surface area contributed by atoms with Crippen LogP contribution in [0.4, 0.5) is 0 Å². The maximum Gasteiger partial charge on any atom is 0.160 e. The molecule has 234 valence electrons. The van der Waals surface area contributed by atoms with Crippen LogP contribution >= 0.6 is 11.3 Å². The molecule has 3 aromatic heterocycles. The van der Waals surface area contributed by atoms with Crippen molar-refractivity contribution in [1.29, 1.82) is 0 Å². The first-order chi connectivity index (χ1) is 24.7. The minimum absolute atomic E-state index is 0.674. The summed E-state index contributed by atoms with van der Waals surface area (Å²) in [6.07, 6.45) is 0. The Labute approximate surface area is 292 Å². The van der Waals surface area contributed by atoms with Crippen LogP contribution in [-0.4, -0.2) is 9.97 Å². The highest BCUT2D eigenvalue weighted by atomic mass is 32.1. The highest BCUT2D eigenvalue weighted by Gasteiger charge is 2.15. The summed E-state index contributed by atoms with van der Waals surface area (Å²) in [7, 11) is 0. The lowest BCUT2D eigenvalue weighted by atomic mass is 10.00. The highest BCUT2D eigenvalue weighted by Crippen LogP contribution is 2.37. The summed E-state index contributed by atoms with van der Waals surface area (Å²) >= 11 is 1.82. The Bertz CT molecular complexity index is 2830. The lowest BCUT2D eigenvalue weighted by Crippen LogP contribution is -1.96. The van der Waals surface area contributed by atoms with Gasteiger partial charge in [0.25, 0.3) is 0 Å². The minimum atomic E-state index is 0.674. The van der Waals surface area contributed by atoms with E-state index in [1.165, 1.54) is 31.5 Å². The Balaban J connectivity index is 1.12. The number of hydrogen-bond donors (Lipinski definition) is 0. The molecule has 0 aliphatic rings. The number of thiophene rings is 1. The molecule has 0 radical (unpaired) electrons. The number of aromatic nitrogens is 2. The molecule has 0 atom stereocenters. The van der Waals surface area contributed by atoms with E-state index in [0.29, 0.717) is 5.82 Å². The van der Waals surface area contributed by atoms with Crippen molar-refractivity contribution in [2.24, 2.45) is 0 Å². The van der Waals surface area contributed by atoms with Crippen molar-refractivity contribution < 1.29 is 4.42 Å². The second kappa shape index (κ2) is 11.7. The number of benzene rings is 7. The van der Waals surface area contributed by atoms with E-state index < -0.39 is 0 Å². The maximum atomic E-state index is 6.32. The third-order valence-corrected chi connectivity index (χ3v) is 10.6. The van der Waals surface area contributed by atoms with Crippen LogP contribution < -0.4 is 0 Å². The van der Waals surface area contributed by atoms with Crippen LogP contribution in [0.2, 0.25) is 0 Å². The van der Waals surface area contributed by atoms with E-state index in [9.17, 15) is 0 Å². The van der Waals surface area contributed by atoms with Gasteiger partial charge in [0.05, 0.1) is 11.4 Å². The van der Waals surface area contributed by atoms with E-state index in [1.807, 2.05) is 23.5 Å². The van der Waals surface area contributed by atoms with Gasteiger partial charge >= 0.3 is 0 Å². The Hall–Kier alpha value is -6.36. The van der Waals surface area contributed by atoms with Crippen LogP contribution in [0.25, 0.3) is 98.3 Å². The molecule has 3 heterocycles. The van der Waals surface area contributed by atoms with Gasteiger partial charge in [-0.05, 0) is 87.4 Å². The van der Waals surface area contributed by atoms with Gasteiger partial charge in [0.15, 0.2) is 5.82 Å². The molecule has 10 aromatic rings. The van der Waals surface area contributed by atoms with Gasteiger partial charge in [-0.25, -0.2) is 9.97 Å². The Morgan fingerprint density at radius 1 is 0.380 bits per heavy atom. The van der Waals surface area contributed by atoms with E-state index in [0.717, 1.165) is 61.0 Å². The van der Waals surface area contributed by atoms with E-state index in [1.54, 1.807) is 0 Å². The maximum absolute atomic E-state index is 6.32. The van der Waals surface area contributed by atoms with Crippen LogP contribution in [-0.2, 0) is 0 Å². The number of nitrogens with zero attached hydrogens (tertiary/aromatic N) is 2. The molecule has 0 fully saturated rings. The normalized spacial score (nSPS) is 11.6. The van der Waals surface area contributed by atoms with Crippen molar-refractivity contribution in [3.63, 3.8) is 0 Å². The zero-order valence-corrected chi connectivity index (χ0v) is 27.7. The predicted octanol–water partition coefficient (Wildman–Crippen LogP) is 13.1. The van der Waals surface area contributed by atoms with Gasteiger partial charge in [0, 0.05) is 37.0 Å². The first-order valence-corrected chi connectivity index (χ1v) is 17.5. The number of rotatable bonds is 5. The summed E-state index contributed by atoms with van der Waals surface area (Å²) in [5.41, 5.74) is 10.0. The average Bonchev–Trinajstić information content (AvgIpc) is 3.78. The average molecular weight is 657 g/mol. The summed E-state index contributed by atoms with van der Waals surface area (Å²) in [6.45, 7) is 0. The minimum Gasteiger partial charge on any atom is -0.456 e. The van der Waals surface area contributed by atoms with Gasteiger partial charge in [0.2, 0.25) is 0 Å². The molecule has 0 unspecified atom stereocenters. The van der Waals surface area contributed by atoms with Crippen molar-refractivity contribution in [2.45, 2.75) is 0 Å². The lowest BCUT2D eigenvalue weighted by molar-refractivity contribution is 0.669. The largest absolute Gasteiger partial charge is 0.456 e. The summed E-state index contributed by atoms with van der Waals surface area (Å²) in [6, 6.07) is 59.8. The van der Waals surface area contributed by atoms with Crippen LogP contribution in [0.3, 0.4) is 0 Å². The smallest absolute Gasteiger partial charge is 0.160 e. The van der Waals surface area contributed by atoms with Crippen molar-refractivity contribution in [3.05, 3.63) is 170 Å². The molecular formula is C46H28N2OS. The van der Waals surface area contributed by atoms with E-state index in [4.69, 9.17) is 14.4 Å². The van der Waals surface area contributed by atoms with Crippen molar-refractivity contribution in [1.82, 2.24) is 9.97 Å². The Morgan fingerprint density at radius 3 is 1.84 bits per heavy atom. The summed E-state index contributed by atoms with van der Waals surface area (Å²) in [5.74, 6) is 0.674. The van der Waals surface area contributed by atoms with Crippen LogP contribution in [0.15, 0.2) is 174 Å². The van der Waals surface area contributed by atoms with E-state index >= 15 is 0 Å². The predicted molar refractivity (Wildman–Crippen MR) is 209 cm³/mol. The monoisotopic (exact) mass is 656 g/mol. The molecule has 0 amide bonds. The molecule has 7 aromatic carbocycles. The molecule has 4 heteroatoms. The zero-order valence-electron chi connectivity index (χ0n) is 26.9. The number of hydrogen-bond acceptors (Lipinski definition) is 4. The van der Waals surface area contributed by atoms with Gasteiger partial charge in [-0.3, -0.25) is 0 Å². The van der Waals surface area contributed by atoms with Gasteiger partial charge in [-0.2, -0.15) is 0 Å². The lowest BCUT2D eigenvalue weighted by Gasteiger charge is -2.11. The Morgan fingerprint density at radius 2 is 1.02 bits per heavy atom. The van der Waals surface area contributed by atoms with Gasteiger partial charge in [0.1, 0.15) is 11.2 Å². The van der Waals surface area contributed by atoms with Gasteiger partial charge in [-0.15, -0.1) is 11.3 Å². The summed E-state index contributed by atoms with van der Waals surface area (Å²) in [4.78, 5) is 11.7. The highest BCUT2D eigenvalue weighted by molar-refractivity contribution is 7.22. The third kappa shape index (κ3) is 5.06. The molecule has 0 spiro atoms. The number of fused-ring (bicyclic) bond motifs is 5. The molecule has 3 nitrogen and oxygen atoms in total. The third-order valence-electron chi connectivity index (χ3n) is 9.48.